The Balaban J connectivity index is 3.21. The summed E-state index contributed by atoms with van der Waals surface area (Å²) >= 11 is 1.45. The molecule has 0 unspecified atom stereocenters. The lowest BCUT2D eigenvalue weighted by Crippen LogP contribution is -2.08. The van der Waals surface area contributed by atoms with Crippen LogP contribution in [-0.4, -0.2) is 20.9 Å². The fourth-order valence-electron chi connectivity index (χ4n) is 1.05. The summed E-state index contributed by atoms with van der Waals surface area (Å²) in [5, 5.41) is 11.8. The van der Waals surface area contributed by atoms with E-state index in [9.17, 15) is 18.0 Å². The largest absolute Gasteiger partial charge is 0.481 e. The minimum Gasteiger partial charge on any atom is -0.481 e. The second-order valence-corrected chi connectivity index (χ2v) is 3.88. The minimum atomic E-state index is -4.55. The molecule has 15 heavy (non-hydrogen) atoms. The molecule has 0 aromatic carbocycles. The number of hydrogen-bond acceptors (Lipinski definition) is 2. The Labute approximate surface area is 96.2 Å². The maximum atomic E-state index is 12.4. The Bertz CT molecular complexity index is 400. The zero-order valence-corrected chi connectivity index (χ0v) is 9.63. The number of rotatable bonds is 2. The van der Waals surface area contributed by atoms with Gasteiger partial charge in [-0.1, -0.05) is 0 Å². The van der Waals surface area contributed by atoms with Crippen LogP contribution >= 0.6 is 22.6 Å². The van der Waals surface area contributed by atoms with E-state index in [-0.39, 0.29) is 9.26 Å². The van der Waals surface area contributed by atoms with Gasteiger partial charge in [-0.2, -0.15) is 18.3 Å². The molecule has 1 heterocycles. The highest BCUT2D eigenvalue weighted by molar-refractivity contribution is 14.1. The van der Waals surface area contributed by atoms with E-state index in [1.165, 1.54) is 29.6 Å². The molecule has 84 valence electrons. The van der Waals surface area contributed by atoms with Crippen LogP contribution in [0.1, 0.15) is 11.4 Å². The number of aliphatic carboxylic acids is 1. The van der Waals surface area contributed by atoms with Gasteiger partial charge in [0.2, 0.25) is 0 Å². The Morgan fingerprint density at radius 2 is 2.13 bits per heavy atom. The van der Waals surface area contributed by atoms with Gasteiger partial charge in [0.25, 0.3) is 0 Å². The van der Waals surface area contributed by atoms with Gasteiger partial charge >= 0.3 is 12.1 Å². The van der Waals surface area contributed by atoms with Gasteiger partial charge < -0.3 is 5.11 Å². The first kappa shape index (κ1) is 12.3. The third-order valence-corrected chi connectivity index (χ3v) is 2.82. The molecule has 0 atom stereocenters. The molecule has 8 heteroatoms. The Morgan fingerprint density at radius 1 is 1.60 bits per heavy atom. The summed E-state index contributed by atoms with van der Waals surface area (Å²) in [6.45, 7) is 0. The molecule has 0 aliphatic rings. The standard InChI is InChI=1S/C7H6F3IN2O2/c1-13-3(2-4(14)15)5(11)6(12-13)7(8,9)10/h2H2,1H3,(H,14,15). The summed E-state index contributed by atoms with van der Waals surface area (Å²) in [6, 6.07) is 0. The molecule has 1 rings (SSSR count). The first-order valence-corrected chi connectivity index (χ1v) is 4.81. The summed E-state index contributed by atoms with van der Waals surface area (Å²) < 4.78 is 37.8. The van der Waals surface area contributed by atoms with Crippen molar-refractivity contribution in [1.29, 1.82) is 0 Å². The second kappa shape index (κ2) is 3.99. The highest BCUT2D eigenvalue weighted by Crippen LogP contribution is 2.33. The topological polar surface area (TPSA) is 55.1 Å². The van der Waals surface area contributed by atoms with Crippen molar-refractivity contribution < 1.29 is 23.1 Å². The van der Waals surface area contributed by atoms with E-state index in [1.54, 1.807) is 0 Å². The van der Waals surface area contributed by atoms with Crippen LogP contribution in [0.25, 0.3) is 0 Å². The van der Waals surface area contributed by atoms with Crippen LogP contribution in [0, 0.1) is 3.57 Å². The number of halogens is 4. The smallest absolute Gasteiger partial charge is 0.436 e. The lowest BCUT2D eigenvalue weighted by Gasteiger charge is -2.01. The molecule has 0 aliphatic heterocycles. The van der Waals surface area contributed by atoms with E-state index in [1.807, 2.05) is 0 Å². The van der Waals surface area contributed by atoms with Crippen molar-refractivity contribution in [3.05, 3.63) is 15.0 Å². The number of hydrogen-bond donors (Lipinski definition) is 1. The molecule has 0 spiro atoms. The monoisotopic (exact) mass is 334 g/mol. The van der Waals surface area contributed by atoms with E-state index in [4.69, 9.17) is 5.11 Å². The van der Waals surface area contributed by atoms with Crippen LogP contribution in [0.3, 0.4) is 0 Å². The molecule has 1 N–H and O–H groups in total. The highest BCUT2D eigenvalue weighted by atomic mass is 127. The lowest BCUT2D eigenvalue weighted by atomic mass is 10.3. The van der Waals surface area contributed by atoms with Crippen molar-refractivity contribution in [2.45, 2.75) is 12.6 Å². The van der Waals surface area contributed by atoms with Crippen molar-refractivity contribution in [2.24, 2.45) is 7.05 Å². The highest BCUT2D eigenvalue weighted by Gasteiger charge is 2.38. The zero-order valence-electron chi connectivity index (χ0n) is 7.47. The summed E-state index contributed by atoms with van der Waals surface area (Å²) in [6.07, 6.45) is -5.02. The van der Waals surface area contributed by atoms with Gasteiger partial charge in [0.05, 0.1) is 15.7 Å². The summed E-state index contributed by atoms with van der Waals surface area (Å²) in [5.74, 6) is -1.19. The van der Waals surface area contributed by atoms with Crippen LogP contribution in [0.15, 0.2) is 0 Å². The number of aryl methyl sites for hydroxylation is 1. The van der Waals surface area contributed by atoms with E-state index in [0.717, 1.165) is 4.68 Å². The third kappa shape index (κ3) is 2.61. The van der Waals surface area contributed by atoms with E-state index in [0.29, 0.717) is 0 Å². The Hall–Kier alpha value is -0.800. The second-order valence-electron chi connectivity index (χ2n) is 2.80. The maximum absolute atomic E-state index is 12.4. The van der Waals surface area contributed by atoms with Gasteiger partial charge in [-0.3, -0.25) is 9.48 Å². The van der Waals surface area contributed by atoms with E-state index >= 15 is 0 Å². The molecule has 0 fully saturated rings. The Morgan fingerprint density at radius 3 is 2.47 bits per heavy atom. The minimum absolute atomic E-state index is 0.0513. The fourth-order valence-corrected chi connectivity index (χ4v) is 2.00. The quantitative estimate of drug-likeness (QED) is 0.838. The van der Waals surface area contributed by atoms with Crippen LogP contribution in [-0.2, 0) is 24.4 Å². The molecular formula is C7H6F3IN2O2. The predicted octanol–water partition coefficient (Wildman–Crippen LogP) is 1.67. The number of aromatic nitrogens is 2. The third-order valence-electron chi connectivity index (χ3n) is 1.69. The molecule has 0 saturated carbocycles. The van der Waals surface area contributed by atoms with Gasteiger partial charge in [0, 0.05) is 7.05 Å². The van der Waals surface area contributed by atoms with Gasteiger partial charge in [-0.25, -0.2) is 0 Å². The molecular weight excluding hydrogens is 328 g/mol. The molecule has 0 bridgehead atoms. The summed E-state index contributed by atoms with van der Waals surface area (Å²) in [4.78, 5) is 10.4. The molecule has 0 amide bonds. The van der Waals surface area contributed by atoms with Gasteiger partial charge in [-0.15, -0.1) is 0 Å². The number of alkyl halides is 3. The number of carboxylic acids is 1. The van der Waals surface area contributed by atoms with Crippen LogP contribution in [0.5, 0.6) is 0 Å². The molecule has 4 nitrogen and oxygen atoms in total. The fraction of sp³-hybridized carbons (Fsp3) is 0.429. The van der Waals surface area contributed by atoms with Crippen LogP contribution < -0.4 is 0 Å². The predicted molar refractivity (Wildman–Crippen MR) is 52.3 cm³/mol. The van der Waals surface area contributed by atoms with Crippen molar-refractivity contribution in [3.8, 4) is 0 Å². The van der Waals surface area contributed by atoms with Crippen molar-refractivity contribution in [1.82, 2.24) is 9.78 Å². The summed E-state index contributed by atoms with van der Waals surface area (Å²) in [5.41, 5.74) is -0.989. The van der Waals surface area contributed by atoms with Crippen LogP contribution in [0.2, 0.25) is 0 Å². The van der Waals surface area contributed by atoms with Gasteiger partial charge in [0.15, 0.2) is 5.69 Å². The first-order chi connectivity index (χ1) is 6.73. The van der Waals surface area contributed by atoms with Crippen molar-refractivity contribution in [3.63, 3.8) is 0 Å². The molecule has 1 aromatic heterocycles. The molecule has 1 aromatic rings. The maximum Gasteiger partial charge on any atom is 0.436 e. The van der Waals surface area contributed by atoms with E-state index in [2.05, 4.69) is 5.10 Å². The van der Waals surface area contributed by atoms with Crippen LogP contribution in [0.4, 0.5) is 13.2 Å². The van der Waals surface area contributed by atoms with Crippen molar-refractivity contribution in [2.75, 3.05) is 0 Å². The van der Waals surface area contributed by atoms with Gasteiger partial charge in [0.1, 0.15) is 0 Å². The average molecular weight is 334 g/mol. The number of nitrogens with zero attached hydrogens (tertiary/aromatic N) is 2. The molecule has 0 aliphatic carbocycles. The van der Waals surface area contributed by atoms with Gasteiger partial charge in [-0.05, 0) is 22.6 Å². The average Bonchev–Trinajstić information content (AvgIpc) is 2.30. The normalized spacial score (nSPS) is 11.8. The molecule has 0 saturated heterocycles. The molecule has 0 radical (unpaired) electrons. The Kier molecular flexibility index (Phi) is 3.26. The lowest BCUT2D eigenvalue weighted by molar-refractivity contribution is -0.142. The first-order valence-electron chi connectivity index (χ1n) is 3.74. The SMILES string of the molecule is Cn1nc(C(F)(F)F)c(I)c1CC(=O)O. The number of carbonyl (C=O) groups is 1. The van der Waals surface area contributed by atoms with E-state index < -0.39 is 24.3 Å². The number of carboxylic acid groups (broad SMARTS) is 1. The zero-order chi connectivity index (χ0) is 11.8. The summed E-state index contributed by atoms with van der Waals surface area (Å²) in [7, 11) is 1.29. The van der Waals surface area contributed by atoms with Crippen molar-refractivity contribution >= 4 is 28.6 Å².